The van der Waals surface area contributed by atoms with E-state index in [-0.39, 0.29) is 22.7 Å². The van der Waals surface area contributed by atoms with Crippen LogP contribution in [0.5, 0.6) is 0 Å². The van der Waals surface area contributed by atoms with Gasteiger partial charge < -0.3 is 4.74 Å². The van der Waals surface area contributed by atoms with E-state index in [1.807, 2.05) is 0 Å². The van der Waals surface area contributed by atoms with Crippen molar-refractivity contribution in [2.75, 3.05) is 0 Å². The van der Waals surface area contributed by atoms with Crippen LogP contribution in [0.25, 0.3) is 0 Å². The highest BCUT2D eigenvalue weighted by Crippen LogP contribution is 2.67. The first-order valence-corrected chi connectivity index (χ1v) is 9.55. The Labute approximate surface area is 138 Å². The fraction of sp³-hybridized carbons (Fsp3) is 0.900. The molecular formula is C20H27NO2. The van der Waals surface area contributed by atoms with Crippen molar-refractivity contribution in [3.8, 4) is 6.07 Å². The van der Waals surface area contributed by atoms with Crippen LogP contribution in [-0.4, -0.2) is 18.0 Å². The quantitative estimate of drug-likeness (QED) is 0.640. The molecule has 1 saturated heterocycles. The summed E-state index contributed by atoms with van der Waals surface area (Å²) in [5.74, 6) is 2.59. The Kier molecular flexibility index (Phi) is 2.76. The van der Waals surface area contributed by atoms with Gasteiger partial charge in [-0.25, -0.2) is 0 Å². The zero-order valence-electron chi connectivity index (χ0n) is 14.3. The third-order valence-electron chi connectivity index (χ3n) is 8.75. The number of rotatable bonds is 0. The molecule has 5 rings (SSSR count). The molecule has 0 aromatic heterocycles. The molecule has 3 nitrogen and oxygen atoms in total. The van der Waals surface area contributed by atoms with Gasteiger partial charge in [0.05, 0.1) is 24.2 Å². The predicted octanol–water partition coefficient (Wildman–Crippen LogP) is 3.73. The Morgan fingerprint density at radius 2 is 1.96 bits per heavy atom. The third-order valence-corrected chi connectivity index (χ3v) is 8.75. The molecule has 0 spiro atoms. The van der Waals surface area contributed by atoms with Crippen LogP contribution in [0.4, 0.5) is 0 Å². The summed E-state index contributed by atoms with van der Waals surface area (Å²) in [6, 6.07) is 2.53. The maximum atomic E-state index is 13.3. The Hall–Kier alpha value is -0.880. The normalized spacial score (nSPS) is 60.0. The lowest BCUT2D eigenvalue weighted by Crippen LogP contribution is -2.57. The van der Waals surface area contributed by atoms with Gasteiger partial charge in [0, 0.05) is 12.3 Å². The van der Waals surface area contributed by atoms with E-state index in [9.17, 15) is 10.1 Å². The van der Waals surface area contributed by atoms with Crippen LogP contribution < -0.4 is 0 Å². The van der Waals surface area contributed by atoms with Crippen LogP contribution in [-0.2, 0) is 9.53 Å². The monoisotopic (exact) mass is 313 g/mol. The van der Waals surface area contributed by atoms with E-state index in [1.54, 1.807) is 0 Å². The van der Waals surface area contributed by atoms with Crippen LogP contribution in [0.3, 0.4) is 0 Å². The molecule has 0 N–H and O–H groups in total. The minimum absolute atomic E-state index is 0.0521. The molecule has 5 fully saturated rings. The summed E-state index contributed by atoms with van der Waals surface area (Å²) < 4.78 is 5.84. The number of ketones is 1. The van der Waals surface area contributed by atoms with E-state index in [0.29, 0.717) is 42.2 Å². The third kappa shape index (κ3) is 1.71. The summed E-state index contributed by atoms with van der Waals surface area (Å²) in [6.45, 7) is 4.63. The van der Waals surface area contributed by atoms with Gasteiger partial charge in [0.1, 0.15) is 5.78 Å². The molecule has 1 heterocycles. The number of nitriles is 1. The van der Waals surface area contributed by atoms with Gasteiger partial charge in [0.15, 0.2) is 0 Å². The second-order valence-corrected chi connectivity index (χ2v) is 9.59. The van der Waals surface area contributed by atoms with E-state index < -0.39 is 0 Å². The zero-order valence-corrected chi connectivity index (χ0v) is 14.3. The van der Waals surface area contributed by atoms with Crippen LogP contribution in [0.2, 0.25) is 0 Å². The van der Waals surface area contributed by atoms with E-state index in [1.165, 1.54) is 19.3 Å². The number of Topliss-reactive ketones (excluding diaryl/α,β-unsaturated/α-hetero) is 1. The molecule has 0 bridgehead atoms. The van der Waals surface area contributed by atoms with Crippen molar-refractivity contribution in [2.45, 2.75) is 71.0 Å². The van der Waals surface area contributed by atoms with Gasteiger partial charge in [0.2, 0.25) is 0 Å². The lowest BCUT2D eigenvalue weighted by molar-refractivity contribution is -0.155. The first-order chi connectivity index (χ1) is 11.0. The van der Waals surface area contributed by atoms with E-state index in [0.717, 1.165) is 19.3 Å². The molecule has 23 heavy (non-hydrogen) atoms. The van der Waals surface area contributed by atoms with Gasteiger partial charge in [-0.1, -0.05) is 13.8 Å². The molecule has 1 aliphatic heterocycles. The minimum atomic E-state index is -0.0521. The van der Waals surface area contributed by atoms with Crippen molar-refractivity contribution in [3.63, 3.8) is 0 Å². The summed E-state index contributed by atoms with van der Waals surface area (Å²) in [7, 11) is 0. The maximum absolute atomic E-state index is 13.3. The Bertz CT molecular complexity index is 609. The Morgan fingerprint density at radius 1 is 1.13 bits per heavy atom. The number of ether oxygens (including phenoxy) is 1. The van der Waals surface area contributed by atoms with Crippen LogP contribution in [0, 0.1) is 51.8 Å². The van der Waals surface area contributed by atoms with Gasteiger partial charge in [-0.3, -0.25) is 4.79 Å². The lowest BCUT2D eigenvalue weighted by atomic mass is 9.44. The number of nitrogens with zero attached hydrogens (tertiary/aromatic N) is 1. The lowest BCUT2D eigenvalue weighted by Gasteiger charge is -2.58. The molecule has 5 aliphatic rings. The van der Waals surface area contributed by atoms with E-state index >= 15 is 0 Å². The zero-order chi connectivity index (χ0) is 16.0. The van der Waals surface area contributed by atoms with Crippen molar-refractivity contribution in [3.05, 3.63) is 0 Å². The number of fused-ring (bicyclic) bond motifs is 6. The summed E-state index contributed by atoms with van der Waals surface area (Å²) in [6.07, 6.45) is 8.49. The molecule has 4 saturated carbocycles. The molecule has 124 valence electrons. The molecule has 9 atom stereocenters. The van der Waals surface area contributed by atoms with Crippen molar-refractivity contribution in [1.29, 1.82) is 5.26 Å². The standard InChI is InChI=1S/C20H27NO2/c1-19-8-15(22)18-13(14(19)6-4-12(19)10-21)5-3-11-7-16-17(23-16)9-20(11,18)2/h11-14,16-18H,3-9H2,1-2H3/t11-,12+,13-,14-,16+,17-,18+,19+,20-/m0/s1. The SMILES string of the molecule is C[C@]12C[C@@H]3O[C@@H]3C[C@@H]1CC[C@H]1[C@@H]3CC[C@H](C#N)[C@@]3(C)CC(=O)[C@@H]12. The minimum Gasteiger partial charge on any atom is -0.370 e. The molecular weight excluding hydrogens is 286 g/mol. The van der Waals surface area contributed by atoms with Crippen LogP contribution in [0.1, 0.15) is 58.8 Å². The molecule has 0 unspecified atom stereocenters. The number of hydrogen-bond donors (Lipinski definition) is 0. The number of epoxide rings is 1. The smallest absolute Gasteiger partial charge is 0.137 e. The number of hydrogen-bond acceptors (Lipinski definition) is 3. The molecule has 4 aliphatic carbocycles. The Balaban J connectivity index is 1.53. The molecule has 0 amide bonds. The summed E-state index contributed by atoms with van der Waals surface area (Å²) in [5, 5.41) is 9.55. The maximum Gasteiger partial charge on any atom is 0.137 e. The van der Waals surface area contributed by atoms with Crippen molar-refractivity contribution >= 4 is 5.78 Å². The second kappa shape index (κ2) is 4.39. The topological polar surface area (TPSA) is 53.4 Å². The van der Waals surface area contributed by atoms with Crippen LogP contribution >= 0.6 is 0 Å². The van der Waals surface area contributed by atoms with Gasteiger partial charge in [-0.2, -0.15) is 5.26 Å². The van der Waals surface area contributed by atoms with Crippen molar-refractivity contribution in [2.24, 2.45) is 40.4 Å². The van der Waals surface area contributed by atoms with Gasteiger partial charge in [0.25, 0.3) is 0 Å². The molecule has 0 radical (unpaired) electrons. The summed E-state index contributed by atoms with van der Waals surface area (Å²) >= 11 is 0. The van der Waals surface area contributed by atoms with E-state index in [2.05, 4.69) is 19.9 Å². The highest BCUT2D eigenvalue weighted by molar-refractivity contribution is 5.84. The highest BCUT2D eigenvalue weighted by Gasteiger charge is 2.66. The van der Waals surface area contributed by atoms with Gasteiger partial charge >= 0.3 is 0 Å². The van der Waals surface area contributed by atoms with E-state index in [4.69, 9.17) is 4.74 Å². The van der Waals surface area contributed by atoms with Gasteiger partial charge in [-0.15, -0.1) is 0 Å². The number of carbonyl (C=O) groups is 1. The largest absolute Gasteiger partial charge is 0.370 e. The fourth-order valence-corrected chi connectivity index (χ4v) is 7.55. The number of carbonyl (C=O) groups excluding carboxylic acids is 1. The first kappa shape index (κ1) is 14.5. The van der Waals surface area contributed by atoms with Crippen molar-refractivity contribution in [1.82, 2.24) is 0 Å². The van der Waals surface area contributed by atoms with Crippen LogP contribution in [0.15, 0.2) is 0 Å². The molecule has 3 heteroatoms. The second-order valence-electron chi connectivity index (χ2n) is 9.59. The summed E-state index contributed by atoms with van der Waals surface area (Å²) in [4.78, 5) is 13.3. The first-order valence-electron chi connectivity index (χ1n) is 9.55. The fourth-order valence-electron chi connectivity index (χ4n) is 7.55. The average Bonchev–Trinajstić information content (AvgIpc) is 3.15. The summed E-state index contributed by atoms with van der Waals surface area (Å²) in [5.41, 5.74) is 0.104. The van der Waals surface area contributed by atoms with Gasteiger partial charge in [-0.05, 0) is 67.1 Å². The molecule has 0 aromatic carbocycles. The average molecular weight is 313 g/mol. The highest BCUT2D eigenvalue weighted by atomic mass is 16.6. The van der Waals surface area contributed by atoms with Crippen molar-refractivity contribution < 1.29 is 9.53 Å². The predicted molar refractivity (Wildman–Crippen MR) is 85.3 cm³/mol. The Morgan fingerprint density at radius 3 is 2.74 bits per heavy atom. The molecule has 0 aromatic rings.